The van der Waals surface area contributed by atoms with Gasteiger partial charge in [0.2, 0.25) is 5.88 Å². The van der Waals surface area contributed by atoms with Crippen LogP contribution in [0.2, 0.25) is 0 Å². The zero-order valence-corrected chi connectivity index (χ0v) is 17.6. The van der Waals surface area contributed by atoms with Gasteiger partial charge in [-0.15, -0.1) is 11.3 Å². The molecular weight excluding hydrogens is 390 g/mol. The van der Waals surface area contributed by atoms with Crippen LogP contribution in [0.1, 0.15) is 24.1 Å². The first-order valence-corrected chi connectivity index (χ1v) is 10.8. The number of ether oxygens (including phenoxy) is 1. The molecule has 28 heavy (non-hydrogen) atoms. The van der Waals surface area contributed by atoms with E-state index in [1.54, 1.807) is 11.7 Å². The minimum absolute atomic E-state index is 0.199. The third-order valence-electron chi connectivity index (χ3n) is 5.09. The van der Waals surface area contributed by atoms with Crippen LogP contribution in [0.15, 0.2) is 34.8 Å². The minimum atomic E-state index is 0.199. The molecule has 1 saturated heterocycles. The predicted molar refractivity (Wildman–Crippen MR) is 115 cm³/mol. The Morgan fingerprint density at radius 1 is 1.29 bits per heavy atom. The van der Waals surface area contributed by atoms with Crippen molar-refractivity contribution < 1.29 is 14.4 Å². The van der Waals surface area contributed by atoms with E-state index in [0.29, 0.717) is 17.1 Å². The number of para-hydroxylation sites is 1. The molecule has 146 valence electrons. The number of amidine groups is 1. The SMILES string of the molecule is COCCn1c(O)c(/C=C2\C=c3ccccc3=NC2=[N+]2CCCCC2)sc1=S. The summed E-state index contributed by atoms with van der Waals surface area (Å²) < 4.78 is 9.86. The van der Waals surface area contributed by atoms with Gasteiger partial charge in [0.15, 0.2) is 9.31 Å². The van der Waals surface area contributed by atoms with Crippen LogP contribution in [-0.4, -0.2) is 46.9 Å². The van der Waals surface area contributed by atoms with Gasteiger partial charge < -0.3 is 9.84 Å². The molecule has 0 amide bonds. The Balaban J connectivity index is 1.85. The van der Waals surface area contributed by atoms with Gasteiger partial charge in [-0.25, -0.2) is 0 Å². The topological polar surface area (TPSA) is 49.8 Å². The Labute approximate surface area is 173 Å². The molecule has 0 atom stereocenters. The van der Waals surface area contributed by atoms with Gasteiger partial charge in [0.05, 0.1) is 36.7 Å². The summed E-state index contributed by atoms with van der Waals surface area (Å²) in [6.45, 7) is 3.08. The molecule has 0 radical (unpaired) electrons. The van der Waals surface area contributed by atoms with Crippen LogP contribution < -0.4 is 10.6 Å². The van der Waals surface area contributed by atoms with Crippen LogP contribution in [0.4, 0.5) is 0 Å². The summed E-state index contributed by atoms with van der Waals surface area (Å²) in [7, 11) is 1.64. The van der Waals surface area contributed by atoms with Crippen molar-refractivity contribution in [1.82, 2.24) is 4.57 Å². The Kier molecular flexibility index (Phi) is 5.85. The van der Waals surface area contributed by atoms with Gasteiger partial charge in [-0.05, 0) is 54.7 Å². The zero-order valence-electron chi connectivity index (χ0n) is 15.9. The fourth-order valence-electron chi connectivity index (χ4n) is 3.62. The van der Waals surface area contributed by atoms with E-state index in [1.165, 1.54) is 30.6 Å². The molecule has 0 saturated carbocycles. The van der Waals surface area contributed by atoms with Crippen LogP contribution in [0, 0.1) is 3.95 Å². The molecule has 1 aromatic heterocycles. The first kappa shape index (κ1) is 19.2. The van der Waals surface area contributed by atoms with Crippen molar-refractivity contribution in [2.75, 3.05) is 26.8 Å². The van der Waals surface area contributed by atoms with Gasteiger partial charge in [0.25, 0.3) is 0 Å². The summed E-state index contributed by atoms with van der Waals surface area (Å²) in [5.41, 5.74) is 1.02. The first-order chi connectivity index (χ1) is 13.7. The first-order valence-electron chi connectivity index (χ1n) is 9.58. The van der Waals surface area contributed by atoms with E-state index < -0.39 is 0 Å². The van der Waals surface area contributed by atoms with Crippen molar-refractivity contribution in [3.63, 3.8) is 0 Å². The van der Waals surface area contributed by atoms with Crippen molar-refractivity contribution in [2.24, 2.45) is 4.99 Å². The molecule has 2 aliphatic heterocycles. The van der Waals surface area contributed by atoms with E-state index in [-0.39, 0.29) is 5.88 Å². The maximum atomic E-state index is 10.7. The second-order valence-electron chi connectivity index (χ2n) is 6.99. The number of nitrogens with zero attached hydrogens (tertiary/aromatic N) is 3. The molecular formula is C21H24N3O2S2+. The Bertz CT molecular complexity index is 1120. The average Bonchev–Trinajstić information content (AvgIpc) is 2.99. The number of hydrogen-bond donors (Lipinski definition) is 1. The van der Waals surface area contributed by atoms with E-state index in [2.05, 4.69) is 22.8 Å². The van der Waals surface area contributed by atoms with Crippen molar-refractivity contribution >= 4 is 41.5 Å². The Morgan fingerprint density at radius 2 is 2.07 bits per heavy atom. The molecule has 0 unspecified atom stereocenters. The molecule has 1 N–H and O–H groups in total. The van der Waals surface area contributed by atoms with Gasteiger partial charge >= 0.3 is 5.84 Å². The van der Waals surface area contributed by atoms with Gasteiger partial charge in [-0.2, -0.15) is 0 Å². The summed E-state index contributed by atoms with van der Waals surface area (Å²) in [5.74, 6) is 1.19. The molecule has 0 aliphatic carbocycles. The molecule has 3 heterocycles. The number of aromatic nitrogens is 1. The van der Waals surface area contributed by atoms with Crippen molar-refractivity contribution in [1.29, 1.82) is 0 Å². The van der Waals surface area contributed by atoms with Gasteiger partial charge in [-0.3, -0.25) is 9.14 Å². The summed E-state index contributed by atoms with van der Waals surface area (Å²) in [4.78, 5) is 5.73. The van der Waals surface area contributed by atoms with Crippen LogP contribution in [0.5, 0.6) is 5.88 Å². The minimum Gasteiger partial charge on any atom is -0.493 e. The highest BCUT2D eigenvalue weighted by Gasteiger charge is 2.24. The quantitative estimate of drug-likeness (QED) is 0.618. The van der Waals surface area contributed by atoms with Crippen molar-refractivity contribution in [3.8, 4) is 5.88 Å². The highest BCUT2D eigenvalue weighted by molar-refractivity contribution is 7.73. The smallest absolute Gasteiger partial charge is 0.326 e. The fraction of sp³-hybridized carbons (Fsp3) is 0.381. The maximum absolute atomic E-state index is 10.7. The van der Waals surface area contributed by atoms with Gasteiger partial charge in [0, 0.05) is 12.3 Å². The summed E-state index contributed by atoms with van der Waals surface area (Å²) >= 11 is 6.86. The normalized spacial score (nSPS) is 18.0. The van der Waals surface area contributed by atoms with E-state index in [1.807, 2.05) is 18.2 Å². The lowest BCUT2D eigenvalue weighted by atomic mass is 10.1. The number of fused-ring (bicyclic) bond motifs is 1. The Hall–Kier alpha value is -2.09. The van der Waals surface area contributed by atoms with E-state index in [4.69, 9.17) is 21.9 Å². The molecule has 4 rings (SSSR count). The van der Waals surface area contributed by atoms with Crippen molar-refractivity contribution in [2.45, 2.75) is 25.8 Å². The number of rotatable bonds is 4. The molecule has 1 aromatic carbocycles. The number of piperidine rings is 1. The predicted octanol–water partition coefficient (Wildman–Crippen LogP) is 2.72. The van der Waals surface area contributed by atoms with E-state index in [0.717, 1.165) is 40.0 Å². The third-order valence-corrected chi connectivity index (χ3v) is 6.47. The van der Waals surface area contributed by atoms with Gasteiger partial charge in [0.1, 0.15) is 0 Å². The Morgan fingerprint density at radius 3 is 2.86 bits per heavy atom. The molecule has 2 aliphatic rings. The largest absolute Gasteiger partial charge is 0.493 e. The molecule has 7 heteroatoms. The van der Waals surface area contributed by atoms with E-state index in [9.17, 15) is 5.11 Å². The van der Waals surface area contributed by atoms with Crippen LogP contribution in [0.25, 0.3) is 12.2 Å². The maximum Gasteiger partial charge on any atom is 0.326 e. The molecule has 5 nitrogen and oxygen atoms in total. The molecule has 0 spiro atoms. The molecule has 2 aromatic rings. The second kappa shape index (κ2) is 8.51. The zero-order chi connectivity index (χ0) is 19.5. The lowest BCUT2D eigenvalue weighted by Crippen LogP contribution is -2.35. The summed E-state index contributed by atoms with van der Waals surface area (Å²) in [6, 6.07) is 8.17. The third kappa shape index (κ3) is 3.87. The second-order valence-corrected chi connectivity index (χ2v) is 8.66. The summed E-state index contributed by atoms with van der Waals surface area (Å²) in [5, 5.41) is 12.8. The number of benzene rings is 1. The highest BCUT2D eigenvalue weighted by Crippen LogP contribution is 2.29. The van der Waals surface area contributed by atoms with Crippen molar-refractivity contribution in [3.05, 3.63) is 49.2 Å². The van der Waals surface area contributed by atoms with Crippen LogP contribution >= 0.6 is 23.6 Å². The molecule has 1 fully saturated rings. The van der Waals surface area contributed by atoms with Crippen LogP contribution in [0.3, 0.4) is 0 Å². The fourth-order valence-corrected chi connectivity index (χ4v) is 4.93. The number of thiazole rings is 1. The summed E-state index contributed by atoms with van der Waals surface area (Å²) in [6.07, 6.45) is 7.82. The average molecular weight is 415 g/mol. The monoisotopic (exact) mass is 414 g/mol. The van der Waals surface area contributed by atoms with Crippen LogP contribution in [-0.2, 0) is 11.3 Å². The van der Waals surface area contributed by atoms with Gasteiger partial charge in [-0.1, -0.05) is 18.2 Å². The highest BCUT2D eigenvalue weighted by atomic mass is 32.1. The lowest BCUT2D eigenvalue weighted by molar-refractivity contribution is -0.537. The number of methoxy groups -OCH3 is 1. The number of hydrogen-bond acceptors (Lipinski definition) is 4. The van der Waals surface area contributed by atoms with E-state index >= 15 is 0 Å². The standard InChI is InChI=1S/C21H23N3O2S2/c1-26-12-11-24-20(25)18(28-21(24)27)14-16-13-15-7-3-4-8-17(15)22-19(16)23-9-5-2-6-10-23/h3-4,7-8,13-14H,2,5-6,9-12H2,1H3/p+1. The molecule has 0 bridgehead atoms. The number of aromatic hydroxyl groups is 1. The lowest BCUT2D eigenvalue weighted by Gasteiger charge is -2.15.